The first kappa shape index (κ1) is 19.6. The van der Waals surface area contributed by atoms with Crippen LogP contribution in [0.5, 0.6) is 0 Å². The van der Waals surface area contributed by atoms with Gasteiger partial charge in [0.25, 0.3) is 10.1 Å². The molecule has 0 heterocycles. The van der Waals surface area contributed by atoms with Crippen LogP contribution in [-0.2, 0) is 28.6 Å². The molecular formula is C16H24O6S. The Bertz CT molecular complexity index is 565. The van der Waals surface area contributed by atoms with Crippen LogP contribution in [0.1, 0.15) is 31.7 Å². The Labute approximate surface area is 137 Å². The van der Waals surface area contributed by atoms with Crippen molar-refractivity contribution in [2.75, 3.05) is 26.4 Å². The molecule has 0 spiro atoms. The van der Waals surface area contributed by atoms with Crippen molar-refractivity contribution >= 4 is 16.1 Å². The van der Waals surface area contributed by atoms with Crippen LogP contribution in [-0.4, -0.2) is 40.8 Å². The second-order valence-electron chi connectivity index (χ2n) is 4.96. The van der Waals surface area contributed by atoms with Crippen LogP contribution in [0.25, 0.3) is 0 Å². The van der Waals surface area contributed by atoms with Crippen LogP contribution in [0, 0.1) is 6.92 Å². The molecule has 0 N–H and O–H groups in total. The number of aryl methyl sites for hydroxylation is 1. The molecule has 0 saturated carbocycles. The van der Waals surface area contributed by atoms with Crippen LogP contribution in [0.4, 0.5) is 0 Å². The molecule has 23 heavy (non-hydrogen) atoms. The lowest BCUT2D eigenvalue weighted by Crippen LogP contribution is -2.10. The Balaban J connectivity index is 2.13. The van der Waals surface area contributed by atoms with Crippen LogP contribution in [0.3, 0.4) is 0 Å². The van der Waals surface area contributed by atoms with Crippen molar-refractivity contribution < 1.29 is 26.9 Å². The molecule has 7 heteroatoms. The lowest BCUT2D eigenvalue weighted by atomic mass is 10.2. The lowest BCUT2D eigenvalue weighted by molar-refractivity contribution is -0.144. The first-order valence-corrected chi connectivity index (χ1v) is 9.06. The van der Waals surface area contributed by atoms with Gasteiger partial charge in [-0.2, -0.15) is 8.42 Å². The minimum atomic E-state index is -3.69. The zero-order valence-corrected chi connectivity index (χ0v) is 14.4. The van der Waals surface area contributed by atoms with Crippen LogP contribution in [0.2, 0.25) is 0 Å². The van der Waals surface area contributed by atoms with E-state index >= 15 is 0 Å². The number of hydrogen-bond acceptors (Lipinski definition) is 6. The van der Waals surface area contributed by atoms with E-state index in [4.69, 9.17) is 13.7 Å². The van der Waals surface area contributed by atoms with Crippen molar-refractivity contribution in [1.82, 2.24) is 0 Å². The molecule has 0 bridgehead atoms. The summed E-state index contributed by atoms with van der Waals surface area (Å²) < 4.78 is 38.8. The van der Waals surface area contributed by atoms with E-state index in [1.807, 2.05) is 6.92 Å². The Kier molecular flexibility index (Phi) is 8.83. The monoisotopic (exact) mass is 344 g/mol. The molecule has 0 fully saturated rings. The van der Waals surface area contributed by atoms with Gasteiger partial charge in [-0.3, -0.25) is 8.98 Å². The molecule has 0 amide bonds. The van der Waals surface area contributed by atoms with Gasteiger partial charge in [0.1, 0.15) is 0 Å². The van der Waals surface area contributed by atoms with Gasteiger partial charge < -0.3 is 9.47 Å². The van der Waals surface area contributed by atoms with Gasteiger partial charge in [0, 0.05) is 6.61 Å². The fraction of sp³-hybridized carbons (Fsp3) is 0.562. The van der Waals surface area contributed by atoms with E-state index in [2.05, 4.69) is 0 Å². The average Bonchev–Trinajstić information content (AvgIpc) is 2.50. The van der Waals surface area contributed by atoms with Gasteiger partial charge in [0.15, 0.2) is 0 Å². The van der Waals surface area contributed by atoms with E-state index < -0.39 is 10.1 Å². The van der Waals surface area contributed by atoms with E-state index in [0.717, 1.165) is 5.56 Å². The molecule has 0 saturated heterocycles. The lowest BCUT2D eigenvalue weighted by Gasteiger charge is -2.07. The summed E-state index contributed by atoms with van der Waals surface area (Å²) in [6.45, 7) is 4.88. The predicted molar refractivity (Wildman–Crippen MR) is 85.6 cm³/mol. The van der Waals surface area contributed by atoms with Gasteiger partial charge in [0.05, 0.1) is 31.1 Å². The minimum Gasteiger partial charge on any atom is -0.466 e. The quantitative estimate of drug-likeness (QED) is 0.348. The molecule has 0 aliphatic heterocycles. The molecule has 0 unspecified atom stereocenters. The molecule has 1 aromatic carbocycles. The zero-order valence-electron chi connectivity index (χ0n) is 13.6. The number of hydrogen-bond donors (Lipinski definition) is 0. The van der Waals surface area contributed by atoms with E-state index in [1.165, 1.54) is 12.1 Å². The first-order chi connectivity index (χ1) is 11.0. The maximum Gasteiger partial charge on any atom is 0.308 e. The SMILES string of the molecule is CCOC(=O)CCOCCCCOS(=O)(=O)c1ccc(C)cc1. The van der Waals surface area contributed by atoms with Gasteiger partial charge in [-0.15, -0.1) is 0 Å². The highest BCUT2D eigenvalue weighted by molar-refractivity contribution is 7.86. The van der Waals surface area contributed by atoms with Crippen molar-refractivity contribution in [3.8, 4) is 0 Å². The van der Waals surface area contributed by atoms with Crippen molar-refractivity contribution in [1.29, 1.82) is 0 Å². The van der Waals surface area contributed by atoms with E-state index in [9.17, 15) is 13.2 Å². The zero-order chi connectivity index (χ0) is 17.1. The minimum absolute atomic E-state index is 0.109. The second-order valence-corrected chi connectivity index (χ2v) is 6.58. The number of unbranched alkanes of at least 4 members (excludes halogenated alkanes) is 1. The molecule has 0 aliphatic carbocycles. The summed E-state index contributed by atoms with van der Waals surface area (Å²) in [6.07, 6.45) is 1.45. The third-order valence-corrected chi connectivity index (χ3v) is 4.31. The fourth-order valence-electron chi connectivity index (χ4n) is 1.74. The highest BCUT2D eigenvalue weighted by Gasteiger charge is 2.14. The predicted octanol–water partition coefficient (Wildman–Crippen LogP) is 2.45. The number of benzene rings is 1. The fourth-order valence-corrected chi connectivity index (χ4v) is 2.68. The number of carbonyl (C=O) groups is 1. The number of carbonyl (C=O) groups excluding carboxylic acids is 1. The number of ether oxygens (including phenoxy) is 2. The molecule has 0 aliphatic rings. The molecule has 1 rings (SSSR count). The molecule has 130 valence electrons. The topological polar surface area (TPSA) is 78.9 Å². The summed E-state index contributed by atoms with van der Waals surface area (Å²) >= 11 is 0. The van der Waals surface area contributed by atoms with Crippen LogP contribution >= 0.6 is 0 Å². The Morgan fingerprint density at radius 3 is 2.35 bits per heavy atom. The van der Waals surface area contributed by atoms with Gasteiger partial charge in [-0.05, 0) is 38.8 Å². The smallest absolute Gasteiger partial charge is 0.308 e. The maximum atomic E-state index is 11.9. The maximum absolute atomic E-state index is 11.9. The highest BCUT2D eigenvalue weighted by Crippen LogP contribution is 2.13. The third kappa shape index (κ3) is 8.11. The van der Waals surface area contributed by atoms with Crippen molar-refractivity contribution in [3.05, 3.63) is 29.8 Å². The van der Waals surface area contributed by atoms with E-state index in [-0.39, 0.29) is 23.9 Å². The molecule has 1 aromatic rings. The summed E-state index contributed by atoms with van der Waals surface area (Å²) in [6, 6.07) is 6.52. The molecule has 0 aromatic heterocycles. The van der Waals surface area contributed by atoms with Crippen LogP contribution in [0.15, 0.2) is 29.2 Å². The van der Waals surface area contributed by atoms with Gasteiger partial charge in [-0.25, -0.2) is 0 Å². The largest absolute Gasteiger partial charge is 0.466 e. The molecular weight excluding hydrogens is 320 g/mol. The number of rotatable bonds is 11. The first-order valence-electron chi connectivity index (χ1n) is 7.65. The summed E-state index contributed by atoms with van der Waals surface area (Å²) in [4.78, 5) is 11.2. The summed E-state index contributed by atoms with van der Waals surface area (Å²) in [5.74, 6) is -0.278. The van der Waals surface area contributed by atoms with Crippen LogP contribution < -0.4 is 0 Å². The summed E-state index contributed by atoms with van der Waals surface area (Å²) in [5.41, 5.74) is 0.990. The van der Waals surface area contributed by atoms with Gasteiger partial charge in [0.2, 0.25) is 0 Å². The van der Waals surface area contributed by atoms with Crippen molar-refractivity contribution in [3.63, 3.8) is 0 Å². The second kappa shape index (κ2) is 10.4. The number of esters is 1. The third-order valence-electron chi connectivity index (χ3n) is 2.99. The molecule has 6 nitrogen and oxygen atoms in total. The van der Waals surface area contributed by atoms with Crippen molar-refractivity contribution in [2.24, 2.45) is 0 Å². The highest BCUT2D eigenvalue weighted by atomic mass is 32.2. The Morgan fingerprint density at radius 2 is 1.70 bits per heavy atom. The molecule has 0 atom stereocenters. The normalized spacial score (nSPS) is 11.4. The van der Waals surface area contributed by atoms with Gasteiger partial charge in [-0.1, -0.05) is 17.7 Å². The van der Waals surface area contributed by atoms with E-state index in [0.29, 0.717) is 32.7 Å². The Hall–Kier alpha value is -1.44. The van der Waals surface area contributed by atoms with Gasteiger partial charge >= 0.3 is 5.97 Å². The molecule has 0 radical (unpaired) electrons. The van der Waals surface area contributed by atoms with E-state index in [1.54, 1.807) is 19.1 Å². The Morgan fingerprint density at radius 1 is 1.04 bits per heavy atom. The summed E-state index contributed by atoms with van der Waals surface area (Å²) in [5, 5.41) is 0. The average molecular weight is 344 g/mol. The van der Waals surface area contributed by atoms with Crippen molar-refractivity contribution in [2.45, 2.75) is 38.0 Å². The summed E-state index contributed by atoms with van der Waals surface area (Å²) in [7, 11) is -3.69. The standard InChI is InChI=1S/C16H24O6S/c1-3-21-16(17)10-13-20-11-4-5-12-22-23(18,19)15-8-6-14(2)7-9-15/h6-9H,3-5,10-13H2,1-2H3.